The molecule has 0 saturated carbocycles. The van der Waals surface area contributed by atoms with Crippen molar-refractivity contribution in [2.45, 2.75) is 43.5 Å². The van der Waals surface area contributed by atoms with E-state index in [0.717, 1.165) is 18.4 Å². The second-order valence-corrected chi connectivity index (χ2v) is 7.71. The number of nitrogens with one attached hydrogen (secondary N) is 1. The van der Waals surface area contributed by atoms with Crippen LogP contribution in [-0.4, -0.2) is 22.0 Å². The van der Waals surface area contributed by atoms with Gasteiger partial charge in [0.05, 0.1) is 17.7 Å². The highest BCUT2D eigenvalue weighted by Gasteiger charge is 2.62. The predicted molar refractivity (Wildman–Crippen MR) is 106 cm³/mol. The van der Waals surface area contributed by atoms with Crippen LogP contribution < -0.4 is 10.9 Å². The van der Waals surface area contributed by atoms with E-state index >= 15 is 0 Å². The zero-order chi connectivity index (χ0) is 22.6. The molecule has 5 nitrogen and oxygen atoms in total. The van der Waals surface area contributed by atoms with Crippen molar-refractivity contribution in [3.63, 3.8) is 0 Å². The minimum Gasteiger partial charge on any atom is -0.508 e. The van der Waals surface area contributed by atoms with Gasteiger partial charge in [-0.2, -0.15) is 13.2 Å². The Balaban J connectivity index is 1.96. The van der Waals surface area contributed by atoms with E-state index in [-0.39, 0.29) is 34.0 Å². The van der Waals surface area contributed by atoms with Gasteiger partial charge in [-0.3, -0.25) is 0 Å². The summed E-state index contributed by atoms with van der Waals surface area (Å²) in [6.07, 6.45) is -4.46. The summed E-state index contributed by atoms with van der Waals surface area (Å²) in [7, 11) is 0. The van der Waals surface area contributed by atoms with Crippen molar-refractivity contribution >= 4 is 16.5 Å². The molecule has 3 aromatic rings. The van der Waals surface area contributed by atoms with Gasteiger partial charge in [-0.05, 0) is 48.6 Å². The highest BCUT2D eigenvalue weighted by Crippen LogP contribution is 2.55. The van der Waals surface area contributed by atoms with E-state index in [4.69, 9.17) is 4.42 Å². The molecule has 9 heteroatoms. The predicted octanol–water partition coefficient (Wildman–Crippen LogP) is 4.98. The molecule has 0 amide bonds. The highest BCUT2D eigenvalue weighted by atomic mass is 19.4. The molecule has 1 heterocycles. The van der Waals surface area contributed by atoms with Gasteiger partial charge in [0.2, 0.25) is 0 Å². The van der Waals surface area contributed by atoms with Gasteiger partial charge in [-0.25, -0.2) is 9.18 Å². The molecule has 1 aromatic heterocycles. The Morgan fingerprint density at radius 1 is 1.23 bits per heavy atom. The molecule has 0 radical (unpaired) electrons. The van der Waals surface area contributed by atoms with Crippen molar-refractivity contribution in [1.82, 2.24) is 0 Å². The van der Waals surface area contributed by atoms with Gasteiger partial charge in [-0.15, -0.1) is 0 Å². The number of rotatable bonds is 3. The summed E-state index contributed by atoms with van der Waals surface area (Å²) in [5.41, 5.74) is -3.82. The molecular formula is C22H19F4NO4. The molecule has 0 saturated heterocycles. The minimum atomic E-state index is -5.05. The molecule has 3 unspecified atom stereocenters. The number of alkyl halides is 3. The average Bonchev–Trinajstić information content (AvgIpc) is 2.69. The number of aromatic hydroxyl groups is 1. The number of aliphatic hydroxyl groups is 1. The van der Waals surface area contributed by atoms with E-state index in [1.165, 1.54) is 24.3 Å². The third-order valence-corrected chi connectivity index (χ3v) is 5.93. The second-order valence-electron chi connectivity index (χ2n) is 7.71. The third kappa shape index (κ3) is 3.33. The van der Waals surface area contributed by atoms with E-state index < -0.39 is 47.4 Å². The minimum absolute atomic E-state index is 0.128. The Morgan fingerprint density at radius 2 is 1.97 bits per heavy atom. The lowest BCUT2D eigenvalue weighted by Crippen LogP contribution is -2.55. The summed E-state index contributed by atoms with van der Waals surface area (Å²) in [4.78, 5) is 12.0. The Hall–Kier alpha value is -3.07. The Labute approximate surface area is 173 Å². The van der Waals surface area contributed by atoms with E-state index in [1.807, 2.05) is 0 Å². The second kappa shape index (κ2) is 7.26. The molecule has 2 aromatic carbocycles. The number of benzene rings is 2. The van der Waals surface area contributed by atoms with Gasteiger partial charge < -0.3 is 19.9 Å². The third-order valence-electron chi connectivity index (χ3n) is 5.93. The molecule has 0 spiro atoms. The number of phenols is 1. The van der Waals surface area contributed by atoms with Crippen LogP contribution in [0.2, 0.25) is 0 Å². The van der Waals surface area contributed by atoms with Gasteiger partial charge in [0, 0.05) is 22.7 Å². The molecular weight excluding hydrogens is 418 g/mol. The lowest BCUT2D eigenvalue weighted by molar-refractivity contribution is -0.272. The van der Waals surface area contributed by atoms with E-state index in [1.54, 1.807) is 6.92 Å². The number of phenolic OH excluding ortho intramolecular Hbond substituents is 1. The smallest absolute Gasteiger partial charge is 0.419 e. The molecule has 164 valence electrons. The zero-order valence-electron chi connectivity index (χ0n) is 16.3. The maximum atomic E-state index is 14.1. The van der Waals surface area contributed by atoms with Gasteiger partial charge in [0.1, 0.15) is 11.6 Å². The average molecular weight is 437 g/mol. The monoisotopic (exact) mass is 437 g/mol. The SMILES string of the molecule is CCC1CC(O)(C(F)(F)F)C(Nc2cccc3c(=O)occc23)c2cc(F)cc(O)c21. The van der Waals surface area contributed by atoms with Crippen molar-refractivity contribution in [3.8, 4) is 5.75 Å². The number of fused-ring (bicyclic) bond motifs is 2. The van der Waals surface area contributed by atoms with E-state index in [9.17, 15) is 32.6 Å². The fraction of sp³-hybridized carbons (Fsp3) is 0.318. The first-order valence-corrected chi connectivity index (χ1v) is 9.65. The molecule has 4 rings (SSSR count). The number of hydrogen-bond donors (Lipinski definition) is 3. The summed E-state index contributed by atoms with van der Waals surface area (Å²) in [6.45, 7) is 1.63. The summed E-state index contributed by atoms with van der Waals surface area (Å²) < 4.78 is 61.4. The van der Waals surface area contributed by atoms with Crippen LogP contribution in [0.5, 0.6) is 5.75 Å². The zero-order valence-corrected chi connectivity index (χ0v) is 16.3. The van der Waals surface area contributed by atoms with E-state index in [0.29, 0.717) is 0 Å². The van der Waals surface area contributed by atoms with Crippen molar-refractivity contribution in [1.29, 1.82) is 0 Å². The van der Waals surface area contributed by atoms with Crippen molar-refractivity contribution in [2.24, 2.45) is 0 Å². The fourth-order valence-electron chi connectivity index (χ4n) is 4.42. The topological polar surface area (TPSA) is 82.7 Å². The first-order chi connectivity index (χ1) is 14.6. The summed E-state index contributed by atoms with van der Waals surface area (Å²) in [5.74, 6) is -2.22. The first-order valence-electron chi connectivity index (χ1n) is 9.65. The molecule has 3 atom stereocenters. The molecule has 1 aliphatic rings. The van der Waals surface area contributed by atoms with Crippen LogP contribution >= 0.6 is 0 Å². The van der Waals surface area contributed by atoms with Crippen molar-refractivity contribution < 1.29 is 32.2 Å². The Morgan fingerprint density at radius 3 is 2.65 bits per heavy atom. The normalized spacial score (nSPS) is 23.5. The summed E-state index contributed by atoms with van der Waals surface area (Å²) in [6, 6.07) is 5.68. The molecule has 0 aliphatic heterocycles. The summed E-state index contributed by atoms with van der Waals surface area (Å²) in [5, 5.41) is 24.3. The number of halogens is 4. The number of hydrogen-bond acceptors (Lipinski definition) is 5. The van der Waals surface area contributed by atoms with E-state index in [2.05, 4.69) is 5.32 Å². The summed E-state index contributed by atoms with van der Waals surface area (Å²) >= 11 is 0. The maximum Gasteiger partial charge on any atom is 0.419 e. The van der Waals surface area contributed by atoms with Crippen LogP contribution in [0.3, 0.4) is 0 Å². The van der Waals surface area contributed by atoms with Crippen molar-refractivity contribution in [3.05, 3.63) is 70.0 Å². The number of anilines is 1. The molecule has 0 bridgehead atoms. The maximum absolute atomic E-state index is 14.1. The lowest BCUT2D eigenvalue weighted by atomic mass is 9.69. The molecule has 1 aliphatic carbocycles. The molecule has 3 N–H and O–H groups in total. The lowest BCUT2D eigenvalue weighted by Gasteiger charge is -2.45. The van der Waals surface area contributed by atoms with Crippen LogP contribution in [0, 0.1) is 5.82 Å². The standard InChI is InChI=1S/C22H19F4NO4/c1-2-11-10-21(30,22(24,25)26)19(15-8-12(23)9-17(28)18(11)15)27-16-5-3-4-14-13(16)6-7-31-20(14)29/h3-9,11,19,27-28,30H,2,10H2,1H3. The quantitative estimate of drug-likeness (QED) is 0.504. The fourth-order valence-corrected chi connectivity index (χ4v) is 4.42. The Bertz CT molecular complexity index is 1210. The molecule has 0 fully saturated rings. The van der Waals surface area contributed by atoms with Crippen LogP contribution in [0.25, 0.3) is 10.8 Å². The van der Waals surface area contributed by atoms with Crippen molar-refractivity contribution in [2.75, 3.05) is 5.32 Å². The van der Waals surface area contributed by atoms with Crippen LogP contribution in [-0.2, 0) is 0 Å². The van der Waals surface area contributed by atoms with Crippen LogP contribution in [0.1, 0.15) is 42.9 Å². The molecule has 31 heavy (non-hydrogen) atoms. The van der Waals surface area contributed by atoms with Gasteiger partial charge in [0.25, 0.3) is 0 Å². The van der Waals surface area contributed by atoms with Gasteiger partial charge in [-0.1, -0.05) is 13.0 Å². The van der Waals surface area contributed by atoms with Crippen LogP contribution in [0.15, 0.2) is 51.9 Å². The largest absolute Gasteiger partial charge is 0.508 e. The first kappa shape index (κ1) is 21.2. The van der Waals surface area contributed by atoms with Gasteiger partial charge >= 0.3 is 11.8 Å². The van der Waals surface area contributed by atoms with Gasteiger partial charge in [0.15, 0.2) is 5.60 Å². The van der Waals surface area contributed by atoms with Crippen LogP contribution in [0.4, 0.5) is 23.2 Å². The highest BCUT2D eigenvalue weighted by molar-refractivity contribution is 5.93. The Kier molecular flexibility index (Phi) is 4.96.